The second kappa shape index (κ2) is 9.15. The summed E-state index contributed by atoms with van der Waals surface area (Å²) in [4.78, 5) is 21.7. The van der Waals surface area contributed by atoms with Gasteiger partial charge in [-0.3, -0.25) is 14.8 Å². The highest BCUT2D eigenvalue weighted by molar-refractivity contribution is 6.02. The summed E-state index contributed by atoms with van der Waals surface area (Å²) in [5.41, 5.74) is 3.87. The molecule has 7 nitrogen and oxygen atoms in total. The lowest BCUT2D eigenvalue weighted by atomic mass is 10.1. The summed E-state index contributed by atoms with van der Waals surface area (Å²) >= 11 is 0. The van der Waals surface area contributed by atoms with Gasteiger partial charge >= 0.3 is 0 Å². The van der Waals surface area contributed by atoms with Crippen LogP contribution in [0, 0.1) is 0 Å². The van der Waals surface area contributed by atoms with Gasteiger partial charge in [-0.2, -0.15) is 0 Å². The molecule has 7 heteroatoms. The van der Waals surface area contributed by atoms with E-state index >= 15 is 0 Å². The molecule has 1 saturated heterocycles. The number of pyridine rings is 1. The standard InChI is InChI=1S/C22H26N4O3/c1-28-14-20(15-5-3-2-4-6-15)26-21(27)10-18-9-16-11-24-22(19(16)12-23-18)25-17-7-8-29-13-17/h2-6,9,12,17,20H,7-8,10-11,13-14H2,1H3,(H,24,25)(H,26,27)/t17-,20+/m0/s1. The minimum Gasteiger partial charge on any atom is -0.382 e. The Hall–Kier alpha value is -2.77. The molecule has 0 spiro atoms. The second-order valence-electron chi connectivity index (χ2n) is 7.37. The number of nitrogens with one attached hydrogen (secondary N) is 2. The molecule has 2 N–H and O–H groups in total. The molecule has 1 aromatic carbocycles. The third-order valence-electron chi connectivity index (χ3n) is 5.19. The van der Waals surface area contributed by atoms with Gasteiger partial charge in [-0.05, 0) is 23.6 Å². The number of hydrogen-bond donors (Lipinski definition) is 2. The van der Waals surface area contributed by atoms with Gasteiger partial charge in [0.05, 0.1) is 44.0 Å². The number of carbonyl (C=O) groups excluding carboxylic acids is 1. The Bertz CT molecular complexity index is 879. The summed E-state index contributed by atoms with van der Waals surface area (Å²) in [6, 6.07) is 11.9. The molecule has 152 valence electrons. The zero-order valence-electron chi connectivity index (χ0n) is 16.6. The molecule has 2 aromatic rings. The van der Waals surface area contributed by atoms with E-state index in [9.17, 15) is 4.79 Å². The van der Waals surface area contributed by atoms with Crippen LogP contribution < -0.4 is 10.6 Å². The highest BCUT2D eigenvalue weighted by Crippen LogP contribution is 2.20. The quantitative estimate of drug-likeness (QED) is 0.748. The maximum atomic E-state index is 12.6. The lowest BCUT2D eigenvalue weighted by Crippen LogP contribution is -2.35. The number of methoxy groups -OCH3 is 1. The van der Waals surface area contributed by atoms with Crippen LogP contribution in [0.2, 0.25) is 0 Å². The van der Waals surface area contributed by atoms with Crippen molar-refractivity contribution in [3.8, 4) is 0 Å². The molecule has 4 rings (SSSR count). The molecule has 2 atom stereocenters. The van der Waals surface area contributed by atoms with E-state index in [2.05, 4.69) is 20.6 Å². The minimum atomic E-state index is -0.184. The number of ether oxygens (including phenoxy) is 2. The molecule has 29 heavy (non-hydrogen) atoms. The SMILES string of the molecule is COC[C@@H](NC(=O)Cc1cc2c(cn1)C(N[C@H]1CCOC1)=NC2)c1ccccc1. The van der Waals surface area contributed by atoms with Crippen LogP contribution in [0.5, 0.6) is 0 Å². The van der Waals surface area contributed by atoms with Gasteiger partial charge in [-0.15, -0.1) is 0 Å². The van der Waals surface area contributed by atoms with Gasteiger partial charge < -0.3 is 20.1 Å². The predicted molar refractivity (Wildman–Crippen MR) is 110 cm³/mol. The normalized spacial score (nSPS) is 18.8. The van der Waals surface area contributed by atoms with Gasteiger partial charge in [0.1, 0.15) is 5.84 Å². The molecular weight excluding hydrogens is 368 g/mol. The molecule has 0 unspecified atom stereocenters. The van der Waals surface area contributed by atoms with Crippen molar-refractivity contribution < 1.29 is 14.3 Å². The molecule has 0 aliphatic carbocycles. The fourth-order valence-corrected chi connectivity index (χ4v) is 3.68. The van der Waals surface area contributed by atoms with Crippen molar-refractivity contribution in [2.24, 2.45) is 4.99 Å². The number of rotatable bonds is 7. The molecule has 1 amide bonds. The first kappa shape index (κ1) is 19.5. The van der Waals surface area contributed by atoms with Crippen LogP contribution in [0.25, 0.3) is 0 Å². The van der Waals surface area contributed by atoms with Crippen LogP contribution in [0.15, 0.2) is 47.6 Å². The van der Waals surface area contributed by atoms with Gasteiger partial charge in [0, 0.05) is 25.5 Å². The lowest BCUT2D eigenvalue weighted by Gasteiger charge is -2.18. The second-order valence-corrected chi connectivity index (χ2v) is 7.37. The maximum Gasteiger partial charge on any atom is 0.226 e. The summed E-state index contributed by atoms with van der Waals surface area (Å²) in [5.74, 6) is 0.798. The number of carbonyl (C=O) groups is 1. The Labute approximate surface area is 170 Å². The summed E-state index contributed by atoms with van der Waals surface area (Å²) in [5, 5.41) is 6.49. The van der Waals surface area contributed by atoms with Crippen molar-refractivity contribution in [1.29, 1.82) is 0 Å². The molecule has 2 aliphatic rings. The summed E-state index contributed by atoms with van der Waals surface area (Å²) < 4.78 is 10.7. The molecule has 0 saturated carbocycles. The topological polar surface area (TPSA) is 84.8 Å². The van der Waals surface area contributed by atoms with Crippen LogP contribution in [0.1, 0.15) is 34.8 Å². The number of aromatic nitrogens is 1. The van der Waals surface area contributed by atoms with E-state index in [0.717, 1.165) is 41.2 Å². The first-order valence-electron chi connectivity index (χ1n) is 9.93. The zero-order chi connectivity index (χ0) is 20.1. The summed E-state index contributed by atoms with van der Waals surface area (Å²) in [6.07, 6.45) is 3.03. The molecule has 1 fully saturated rings. The van der Waals surface area contributed by atoms with Crippen molar-refractivity contribution in [3.63, 3.8) is 0 Å². The number of hydrogen-bond acceptors (Lipinski definition) is 6. The Morgan fingerprint density at radius 3 is 2.97 bits per heavy atom. The van der Waals surface area contributed by atoms with Gasteiger partial charge in [0.15, 0.2) is 0 Å². The van der Waals surface area contributed by atoms with Crippen molar-refractivity contribution in [2.45, 2.75) is 31.5 Å². The van der Waals surface area contributed by atoms with E-state index in [-0.39, 0.29) is 18.4 Å². The summed E-state index contributed by atoms with van der Waals surface area (Å²) in [6.45, 7) is 2.53. The Morgan fingerprint density at radius 1 is 1.34 bits per heavy atom. The fourth-order valence-electron chi connectivity index (χ4n) is 3.68. The zero-order valence-corrected chi connectivity index (χ0v) is 16.6. The minimum absolute atomic E-state index is 0.0799. The average Bonchev–Trinajstić information content (AvgIpc) is 3.39. The van der Waals surface area contributed by atoms with Crippen LogP contribution in [0.3, 0.4) is 0 Å². The molecule has 2 aliphatic heterocycles. The van der Waals surface area contributed by atoms with Gasteiger partial charge in [-0.25, -0.2) is 0 Å². The van der Waals surface area contributed by atoms with Gasteiger partial charge in [0.25, 0.3) is 0 Å². The number of nitrogens with zero attached hydrogens (tertiary/aromatic N) is 2. The largest absolute Gasteiger partial charge is 0.382 e. The molecule has 0 radical (unpaired) electrons. The fraction of sp³-hybridized carbons (Fsp3) is 0.409. The van der Waals surface area contributed by atoms with E-state index < -0.39 is 0 Å². The smallest absolute Gasteiger partial charge is 0.226 e. The monoisotopic (exact) mass is 394 g/mol. The Morgan fingerprint density at radius 2 is 2.21 bits per heavy atom. The Balaban J connectivity index is 1.38. The van der Waals surface area contributed by atoms with E-state index in [0.29, 0.717) is 25.8 Å². The van der Waals surface area contributed by atoms with Crippen molar-refractivity contribution >= 4 is 11.7 Å². The highest BCUT2D eigenvalue weighted by atomic mass is 16.5. The molecular formula is C22H26N4O3. The van der Waals surface area contributed by atoms with E-state index in [1.807, 2.05) is 42.6 Å². The number of amides is 1. The molecule has 3 heterocycles. The lowest BCUT2D eigenvalue weighted by molar-refractivity contribution is -0.121. The first-order chi connectivity index (χ1) is 14.2. The van der Waals surface area contributed by atoms with E-state index in [1.54, 1.807) is 7.11 Å². The molecule has 0 bridgehead atoms. The van der Waals surface area contributed by atoms with Crippen molar-refractivity contribution in [2.75, 3.05) is 26.9 Å². The van der Waals surface area contributed by atoms with Gasteiger partial charge in [0.2, 0.25) is 5.91 Å². The number of amidine groups is 1. The number of fused-ring (bicyclic) bond motifs is 1. The van der Waals surface area contributed by atoms with Gasteiger partial charge in [-0.1, -0.05) is 30.3 Å². The third-order valence-corrected chi connectivity index (χ3v) is 5.19. The average molecular weight is 394 g/mol. The van der Waals surface area contributed by atoms with Crippen LogP contribution in [-0.2, 0) is 27.2 Å². The number of benzene rings is 1. The highest BCUT2D eigenvalue weighted by Gasteiger charge is 2.23. The molecule has 1 aromatic heterocycles. The van der Waals surface area contributed by atoms with E-state index in [4.69, 9.17) is 9.47 Å². The van der Waals surface area contributed by atoms with Crippen molar-refractivity contribution in [1.82, 2.24) is 15.6 Å². The van der Waals surface area contributed by atoms with Crippen LogP contribution in [0.4, 0.5) is 0 Å². The number of aliphatic imine (C=N–C) groups is 1. The Kier molecular flexibility index (Phi) is 6.17. The summed E-state index contributed by atoms with van der Waals surface area (Å²) in [7, 11) is 1.63. The third kappa shape index (κ3) is 4.81. The maximum absolute atomic E-state index is 12.6. The predicted octanol–water partition coefficient (Wildman–Crippen LogP) is 1.77. The van der Waals surface area contributed by atoms with Crippen LogP contribution >= 0.6 is 0 Å². The van der Waals surface area contributed by atoms with Crippen LogP contribution in [-0.4, -0.2) is 49.7 Å². The van der Waals surface area contributed by atoms with E-state index in [1.165, 1.54) is 0 Å². The van der Waals surface area contributed by atoms with Crippen molar-refractivity contribution in [3.05, 3.63) is 65.0 Å². The first-order valence-corrected chi connectivity index (χ1v) is 9.93.